The van der Waals surface area contributed by atoms with E-state index in [0.29, 0.717) is 17.1 Å². The molecule has 0 saturated carbocycles. The second kappa shape index (κ2) is 7.50. The van der Waals surface area contributed by atoms with Crippen LogP contribution >= 0.6 is 22.9 Å². The fraction of sp³-hybridized carbons (Fsp3) is 0.150. The molecule has 0 aliphatic heterocycles. The Morgan fingerprint density at radius 2 is 2.00 bits per heavy atom. The number of aryl methyl sites for hydroxylation is 1. The smallest absolute Gasteiger partial charge is 0.251 e. The zero-order valence-corrected chi connectivity index (χ0v) is 16.2. The highest BCUT2D eigenvalue weighted by atomic mass is 35.5. The summed E-state index contributed by atoms with van der Waals surface area (Å²) < 4.78 is 1.84. The summed E-state index contributed by atoms with van der Waals surface area (Å²) in [7, 11) is 0. The van der Waals surface area contributed by atoms with Gasteiger partial charge in [-0.15, -0.1) is 0 Å². The Kier molecular flexibility index (Phi) is 4.92. The van der Waals surface area contributed by atoms with Crippen LogP contribution in [-0.2, 0) is 13.0 Å². The molecule has 2 aromatic heterocycles. The number of fused-ring (bicyclic) bond motifs is 1. The van der Waals surface area contributed by atoms with Crippen LogP contribution in [0, 0.1) is 0 Å². The molecule has 0 atom stereocenters. The second-order valence-corrected chi connectivity index (χ2v) is 7.49. The summed E-state index contributed by atoms with van der Waals surface area (Å²) in [6, 6.07) is 16.8. The minimum atomic E-state index is -0.183. The predicted molar refractivity (Wildman–Crippen MR) is 108 cm³/mol. The van der Waals surface area contributed by atoms with Crippen LogP contribution in [0.2, 0.25) is 5.02 Å². The Bertz CT molecular complexity index is 1100. The van der Waals surface area contributed by atoms with Crippen LogP contribution in [0.5, 0.6) is 0 Å². The molecule has 1 N–H and O–H groups in total. The van der Waals surface area contributed by atoms with Crippen molar-refractivity contribution in [3.05, 3.63) is 75.9 Å². The number of hydrogen-bond donors (Lipinski definition) is 1. The van der Waals surface area contributed by atoms with Gasteiger partial charge < -0.3 is 5.32 Å². The molecule has 1 amide bonds. The third-order valence-corrected chi connectivity index (χ3v) is 5.48. The molecule has 2 heterocycles. The molecule has 5 nitrogen and oxygen atoms in total. The van der Waals surface area contributed by atoms with Crippen LogP contribution in [0.1, 0.15) is 28.0 Å². The molecule has 0 aliphatic rings. The Hall–Kier alpha value is -2.70. The van der Waals surface area contributed by atoms with E-state index < -0.39 is 0 Å². The first kappa shape index (κ1) is 17.7. The number of nitrogens with one attached hydrogen (secondary N) is 1. The van der Waals surface area contributed by atoms with E-state index in [4.69, 9.17) is 16.6 Å². The van der Waals surface area contributed by atoms with Gasteiger partial charge in [0, 0.05) is 16.1 Å². The van der Waals surface area contributed by atoms with E-state index in [2.05, 4.69) is 17.3 Å². The van der Waals surface area contributed by atoms with Gasteiger partial charge in [-0.05, 0) is 24.6 Å². The van der Waals surface area contributed by atoms with E-state index in [9.17, 15) is 4.79 Å². The van der Waals surface area contributed by atoms with E-state index in [1.54, 1.807) is 35.6 Å². The standard InChI is InChI=1S/C20H17ClN4OS/c1-2-17-24-25-16(12-22-19(26)14-9-6-10-15(21)11-14)18(23-20(25)27-17)13-7-4-3-5-8-13/h3-11H,2,12H2,1H3,(H,22,26). The third kappa shape index (κ3) is 3.59. The molecule has 0 bridgehead atoms. The number of rotatable bonds is 5. The lowest BCUT2D eigenvalue weighted by Gasteiger charge is -2.07. The zero-order valence-electron chi connectivity index (χ0n) is 14.6. The predicted octanol–water partition coefficient (Wildman–Crippen LogP) is 4.60. The summed E-state index contributed by atoms with van der Waals surface area (Å²) in [6.45, 7) is 2.39. The monoisotopic (exact) mass is 396 g/mol. The molecular weight excluding hydrogens is 380 g/mol. The molecular formula is C20H17ClN4OS. The fourth-order valence-electron chi connectivity index (χ4n) is 2.85. The van der Waals surface area contributed by atoms with Gasteiger partial charge in [-0.1, -0.05) is 66.3 Å². The topological polar surface area (TPSA) is 59.3 Å². The van der Waals surface area contributed by atoms with Crippen LogP contribution in [-0.4, -0.2) is 20.5 Å². The molecule has 27 heavy (non-hydrogen) atoms. The quantitative estimate of drug-likeness (QED) is 0.536. The van der Waals surface area contributed by atoms with E-state index in [-0.39, 0.29) is 5.91 Å². The normalized spacial score (nSPS) is 11.0. The second-order valence-electron chi connectivity index (χ2n) is 6.01. The number of hydrogen-bond acceptors (Lipinski definition) is 4. The highest BCUT2D eigenvalue weighted by Crippen LogP contribution is 2.27. The first-order chi connectivity index (χ1) is 13.2. The van der Waals surface area contributed by atoms with Gasteiger partial charge in [0.15, 0.2) is 0 Å². The number of halogens is 1. The van der Waals surface area contributed by atoms with Crippen molar-refractivity contribution in [3.63, 3.8) is 0 Å². The number of benzene rings is 2. The Morgan fingerprint density at radius 1 is 1.19 bits per heavy atom. The van der Waals surface area contributed by atoms with Crippen molar-refractivity contribution in [3.8, 4) is 11.3 Å². The average Bonchev–Trinajstić information content (AvgIpc) is 3.24. The summed E-state index contributed by atoms with van der Waals surface area (Å²) >= 11 is 7.56. The van der Waals surface area contributed by atoms with Crippen LogP contribution in [0.3, 0.4) is 0 Å². The average molecular weight is 397 g/mol. The van der Waals surface area contributed by atoms with Crippen molar-refractivity contribution in [1.29, 1.82) is 0 Å². The highest BCUT2D eigenvalue weighted by molar-refractivity contribution is 7.16. The lowest BCUT2D eigenvalue weighted by molar-refractivity contribution is 0.0950. The highest BCUT2D eigenvalue weighted by Gasteiger charge is 2.18. The van der Waals surface area contributed by atoms with Crippen molar-refractivity contribution in [2.75, 3.05) is 0 Å². The summed E-state index contributed by atoms with van der Waals surface area (Å²) in [5, 5.41) is 9.15. The van der Waals surface area contributed by atoms with E-state index in [0.717, 1.165) is 33.3 Å². The van der Waals surface area contributed by atoms with Gasteiger partial charge in [0.05, 0.1) is 17.9 Å². The van der Waals surface area contributed by atoms with Gasteiger partial charge in [-0.2, -0.15) is 5.10 Å². The molecule has 0 spiro atoms. The lowest BCUT2D eigenvalue weighted by Crippen LogP contribution is -2.24. The van der Waals surface area contributed by atoms with Gasteiger partial charge in [0.2, 0.25) is 4.96 Å². The SMILES string of the molecule is CCc1nn2c(CNC(=O)c3cccc(Cl)c3)c(-c3ccccc3)nc2s1. The molecule has 0 radical (unpaired) electrons. The molecule has 0 unspecified atom stereocenters. The van der Waals surface area contributed by atoms with E-state index in [1.165, 1.54) is 0 Å². The Morgan fingerprint density at radius 3 is 2.74 bits per heavy atom. The van der Waals surface area contributed by atoms with Gasteiger partial charge in [-0.3, -0.25) is 4.79 Å². The largest absolute Gasteiger partial charge is 0.346 e. The number of imidazole rings is 1. The summed E-state index contributed by atoms with van der Waals surface area (Å²) in [4.78, 5) is 18.1. The molecule has 0 aliphatic carbocycles. The first-order valence-electron chi connectivity index (χ1n) is 8.62. The van der Waals surface area contributed by atoms with E-state index >= 15 is 0 Å². The van der Waals surface area contributed by atoms with Crippen LogP contribution in [0.25, 0.3) is 16.2 Å². The molecule has 4 aromatic rings. The van der Waals surface area contributed by atoms with Crippen molar-refractivity contribution in [1.82, 2.24) is 19.9 Å². The van der Waals surface area contributed by atoms with E-state index in [1.807, 2.05) is 34.8 Å². The Labute approximate surface area is 165 Å². The van der Waals surface area contributed by atoms with Gasteiger partial charge in [-0.25, -0.2) is 9.50 Å². The van der Waals surface area contributed by atoms with Crippen molar-refractivity contribution >= 4 is 33.8 Å². The molecule has 0 fully saturated rings. The molecule has 2 aromatic carbocycles. The maximum atomic E-state index is 12.5. The molecule has 7 heteroatoms. The number of amides is 1. The third-order valence-electron chi connectivity index (χ3n) is 4.19. The lowest BCUT2D eigenvalue weighted by atomic mass is 10.1. The number of carbonyl (C=O) groups excluding carboxylic acids is 1. The molecule has 0 saturated heterocycles. The first-order valence-corrected chi connectivity index (χ1v) is 9.81. The minimum Gasteiger partial charge on any atom is -0.346 e. The van der Waals surface area contributed by atoms with Gasteiger partial charge in [0.25, 0.3) is 5.91 Å². The zero-order chi connectivity index (χ0) is 18.8. The summed E-state index contributed by atoms with van der Waals surface area (Å²) in [6.07, 6.45) is 0.850. The number of carbonyl (C=O) groups is 1. The number of nitrogens with zero attached hydrogens (tertiary/aromatic N) is 3. The maximum Gasteiger partial charge on any atom is 0.251 e. The van der Waals surface area contributed by atoms with Crippen molar-refractivity contribution < 1.29 is 4.79 Å². The molecule has 136 valence electrons. The van der Waals surface area contributed by atoms with Crippen LogP contribution in [0.15, 0.2) is 54.6 Å². The summed E-state index contributed by atoms with van der Waals surface area (Å²) in [5.41, 5.74) is 3.23. The minimum absolute atomic E-state index is 0.183. The molecule has 4 rings (SSSR count). The van der Waals surface area contributed by atoms with Crippen molar-refractivity contribution in [2.24, 2.45) is 0 Å². The fourth-order valence-corrected chi connectivity index (χ4v) is 3.90. The Balaban J connectivity index is 1.68. The van der Waals surface area contributed by atoms with Crippen LogP contribution < -0.4 is 5.32 Å². The number of aromatic nitrogens is 3. The van der Waals surface area contributed by atoms with Gasteiger partial charge >= 0.3 is 0 Å². The van der Waals surface area contributed by atoms with Gasteiger partial charge in [0.1, 0.15) is 5.01 Å². The van der Waals surface area contributed by atoms with Crippen LogP contribution in [0.4, 0.5) is 0 Å². The maximum absolute atomic E-state index is 12.5. The van der Waals surface area contributed by atoms with Crippen molar-refractivity contribution in [2.45, 2.75) is 19.9 Å². The summed E-state index contributed by atoms with van der Waals surface area (Å²) in [5.74, 6) is -0.183.